The van der Waals surface area contributed by atoms with Gasteiger partial charge in [-0.1, -0.05) is 18.2 Å². The van der Waals surface area contributed by atoms with Crippen molar-refractivity contribution in [2.24, 2.45) is 4.99 Å². The highest BCUT2D eigenvalue weighted by atomic mass is 32.2. The number of aryl methyl sites for hydroxylation is 1. The summed E-state index contributed by atoms with van der Waals surface area (Å²) in [7, 11) is -1.65. The average molecular weight is 395 g/mol. The summed E-state index contributed by atoms with van der Waals surface area (Å²) in [6, 6.07) is 8.86. The molecule has 0 radical (unpaired) electrons. The van der Waals surface area contributed by atoms with Gasteiger partial charge in [-0.2, -0.15) is 0 Å². The maximum Gasteiger partial charge on any atom is 0.191 e. The van der Waals surface area contributed by atoms with Crippen molar-refractivity contribution in [1.82, 2.24) is 10.6 Å². The van der Waals surface area contributed by atoms with Crippen LogP contribution < -0.4 is 10.6 Å². The Morgan fingerprint density at radius 3 is 2.37 bits per heavy atom. The number of nitrogens with zero attached hydrogens (tertiary/aromatic N) is 1. The Balaban J connectivity index is 2.03. The Kier molecular flexibility index (Phi) is 6.90. The van der Waals surface area contributed by atoms with E-state index >= 15 is 0 Å². The smallest absolute Gasteiger partial charge is 0.191 e. The summed E-state index contributed by atoms with van der Waals surface area (Å²) in [5, 5.41) is 6.13. The SMILES string of the molecule is CN=C(NCc1ccc(F)c(C)c1)NCc1cc(F)ccc1CS(C)(=O)=O. The fourth-order valence-electron chi connectivity index (χ4n) is 2.58. The molecule has 0 amide bonds. The summed E-state index contributed by atoms with van der Waals surface area (Å²) in [5.74, 6) is -0.392. The van der Waals surface area contributed by atoms with Crippen LogP contribution in [-0.4, -0.2) is 27.7 Å². The topological polar surface area (TPSA) is 70.6 Å². The summed E-state index contributed by atoms with van der Waals surface area (Å²) >= 11 is 0. The zero-order valence-electron chi connectivity index (χ0n) is 15.5. The van der Waals surface area contributed by atoms with Gasteiger partial charge in [-0.3, -0.25) is 4.99 Å². The minimum Gasteiger partial charge on any atom is -0.352 e. The summed E-state index contributed by atoms with van der Waals surface area (Å²) in [6.45, 7) is 2.34. The van der Waals surface area contributed by atoms with Gasteiger partial charge in [-0.05, 0) is 47.4 Å². The molecule has 2 aromatic carbocycles. The van der Waals surface area contributed by atoms with Crippen molar-refractivity contribution < 1.29 is 17.2 Å². The normalized spacial score (nSPS) is 12.1. The van der Waals surface area contributed by atoms with Gasteiger partial charge in [0.25, 0.3) is 0 Å². The molecule has 146 valence electrons. The predicted octanol–water partition coefficient (Wildman–Crippen LogP) is 2.68. The van der Waals surface area contributed by atoms with Crippen LogP contribution in [0.2, 0.25) is 0 Å². The molecule has 0 aliphatic rings. The van der Waals surface area contributed by atoms with Crippen molar-refractivity contribution in [2.75, 3.05) is 13.3 Å². The lowest BCUT2D eigenvalue weighted by molar-refractivity contribution is 0.599. The van der Waals surface area contributed by atoms with E-state index in [1.807, 2.05) is 0 Å². The molecule has 0 saturated heterocycles. The number of guanidine groups is 1. The fraction of sp³-hybridized carbons (Fsp3) is 0.316. The summed E-state index contributed by atoms with van der Waals surface area (Å²) in [6.07, 6.45) is 1.14. The van der Waals surface area contributed by atoms with Gasteiger partial charge in [0, 0.05) is 26.4 Å². The molecule has 0 bridgehead atoms. The van der Waals surface area contributed by atoms with E-state index in [0.717, 1.165) is 11.8 Å². The summed E-state index contributed by atoms with van der Waals surface area (Å²) < 4.78 is 50.0. The van der Waals surface area contributed by atoms with Gasteiger partial charge >= 0.3 is 0 Å². The first-order chi connectivity index (χ1) is 12.7. The van der Waals surface area contributed by atoms with Crippen molar-refractivity contribution >= 4 is 15.8 Å². The monoisotopic (exact) mass is 395 g/mol. The minimum atomic E-state index is -3.24. The van der Waals surface area contributed by atoms with Gasteiger partial charge in [0.1, 0.15) is 11.6 Å². The maximum atomic E-state index is 13.6. The number of nitrogens with one attached hydrogen (secondary N) is 2. The summed E-state index contributed by atoms with van der Waals surface area (Å²) in [4.78, 5) is 4.09. The van der Waals surface area contributed by atoms with E-state index in [2.05, 4.69) is 15.6 Å². The van der Waals surface area contributed by atoms with E-state index in [-0.39, 0.29) is 18.1 Å². The van der Waals surface area contributed by atoms with E-state index in [1.165, 1.54) is 24.3 Å². The van der Waals surface area contributed by atoms with Crippen LogP contribution in [-0.2, 0) is 28.7 Å². The van der Waals surface area contributed by atoms with Gasteiger partial charge in [-0.25, -0.2) is 17.2 Å². The van der Waals surface area contributed by atoms with Gasteiger partial charge < -0.3 is 10.6 Å². The number of benzene rings is 2. The number of rotatable bonds is 6. The molecule has 0 spiro atoms. The lowest BCUT2D eigenvalue weighted by atomic mass is 10.1. The first-order valence-corrected chi connectivity index (χ1v) is 10.4. The van der Waals surface area contributed by atoms with Crippen LogP contribution in [0.3, 0.4) is 0 Å². The fourth-order valence-corrected chi connectivity index (χ4v) is 3.43. The second-order valence-corrected chi connectivity index (χ2v) is 8.49. The molecule has 2 rings (SSSR count). The van der Waals surface area contributed by atoms with E-state index in [0.29, 0.717) is 29.2 Å². The molecule has 0 saturated carbocycles. The molecule has 0 aromatic heterocycles. The van der Waals surface area contributed by atoms with Crippen LogP contribution in [0.15, 0.2) is 41.4 Å². The number of hydrogen-bond donors (Lipinski definition) is 2. The van der Waals surface area contributed by atoms with Gasteiger partial charge in [0.05, 0.1) is 5.75 Å². The van der Waals surface area contributed by atoms with Gasteiger partial charge in [0.2, 0.25) is 0 Å². The molecule has 8 heteroatoms. The lowest BCUT2D eigenvalue weighted by Crippen LogP contribution is -2.36. The average Bonchev–Trinajstić information content (AvgIpc) is 2.59. The van der Waals surface area contributed by atoms with Crippen LogP contribution in [0.4, 0.5) is 8.78 Å². The third kappa shape index (κ3) is 6.63. The van der Waals surface area contributed by atoms with Crippen LogP contribution in [0, 0.1) is 18.6 Å². The first-order valence-electron chi connectivity index (χ1n) is 8.32. The molecule has 0 unspecified atom stereocenters. The van der Waals surface area contributed by atoms with E-state index in [4.69, 9.17) is 0 Å². The zero-order chi connectivity index (χ0) is 20.0. The Bertz CT molecular complexity index is 944. The Morgan fingerprint density at radius 2 is 1.74 bits per heavy atom. The summed E-state index contributed by atoms with van der Waals surface area (Å²) in [5.41, 5.74) is 2.53. The van der Waals surface area contributed by atoms with Crippen molar-refractivity contribution in [2.45, 2.75) is 25.8 Å². The molecule has 5 nitrogen and oxygen atoms in total. The first kappa shape index (κ1) is 20.8. The number of halogens is 2. The molecule has 0 atom stereocenters. The standard InChI is InChI=1S/C19H23F2N3O2S/c1-13-8-14(4-7-18(13)21)10-23-19(22-2)24-11-16-9-17(20)6-5-15(16)12-27(3,25)26/h4-9H,10-12H2,1-3H3,(H2,22,23,24). The third-order valence-electron chi connectivity index (χ3n) is 3.94. The quantitative estimate of drug-likeness (QED) is 0.583. The van der Waals surface area contributed by atoms with E-state index < -0.39 is 15.7 Å². The molecule has 0 aliphatic heterocycles. The highest BCUT2D eigenvalue weighted by Crippen LogP contribution is 2.14. The second kappa shape index (κ2) is 8.94. The molecule has 27 heavy (non-hydrogen) atoms. The number of aliphatic imine (C=N–C) groups is 1. The van der Waals surface area contributed by atoms with Crippen molar-refractivity contribution in [1.29, 1.82) is 0 Å². The third-order valence-corrected chi connectivity index (χ3v) is 4.77. The maximum absolute atomic E-state index is 13.6. The largest absolute Gasteiger partial charge is 0.352 e. The zero-order valence-corrected chi connectivity index (χ0v) is 16.3. The Hall–Kier alpha value is -2.48. The van der Waals surface area contributed by atoms with Crippen LogP contribution in [0.5, 0.6) is 0 Å². The van der Waals surface area contributed by atoms with Crippen LogP contribution >= 0.6 is 0 Å². The predicted molar refractivity (Wildman–Crippen MR) is 103 cm³/mol. The van der Waals surface area contributed by atoms with Crippen LogP contribution in [0.1, 0.15) is 22.3 Å². The second-order valence-electron chi connectivity index (χ2n) is 6.35. The Morgan fingerprint density at radius 1 is 1.04 bits per heavy atom. The van der Waals surface area contributed by atoms with Gasteiger partial charge in [-0.15, -0.1) is 0 Å². The molecular weight excluding hydrogens is 372 g/mol. The highest BCUT2D eigenvalue weighted by molar-refractivity contribution is 7.89. The minimum absolute atomic E-state index is 0.162. The molecule has 0 heterocycles. The number of hydrogen-bond acceptors (Lipinski definition) is 3. The molecule has 2 N–H and O–H groups in total. The molecule has 2 aromatic rings. The molecular formula is C19H23F2N3O2S. The van der Waals surface area contributed by atoms with E-state index in [9.17, 15) is 17.2 Å². The Labute approximate surface area is 158 Å². The number of sulfone groups is 1. The van der Waals surface area contributed by atoms with Crippen LogP contribution in [0.25, 0.3) is 0 Å². The van der Waals surface area contributed by atoms with E-state index in [1.54, 1.807) is 26.1 Å². The molecule has 0 fully saturated rings. The van der Waals surface area contributed by atoms with Crippen molar-refractivity contribution in [3.63, 3.8) is 0 Å². The molecule has 0 aliphatic carbocycles. The van der Waals surface area contributed by atoms with Gasteiger partial charge in [0.15, 0.2) is 15.8 Å². The lowest BCUT2D eigenvalue weighted by Gasteiger charge is -2.14. The van der Waals surface area contributed by atoms with Crippen molar-refractivity contribution in [3.8, 4) is 0 Å². The van der Waals surface area contributed by atoms with Crippen molar-refractivity contribution in [3.05, 3.63) is 70.3 Å². The highest BCUT2D eigenvalue weighted by Gasteiger charge is 2.11.